The van der Waals surface area contributed by atoms with Crippen LogP contribution in [0.25, 0.3) is 10.8 Å². The Morgan fingerprint density at radius 3 is 1.42 bits per heavy atom. The lowest BCUT2D eigenvalue weighted by molar-refractivity contribution is 0.0196. The fraction of sp³-hybridized carbons (Fsp3) is 0.242. The molecule has 9 rings (SSSR count). The molecule has 3 nitrogen and oxygen atoms in total. The largest absolute Gasteiger partial charge is 0.444 e. The molecule has 0 saturated heterocycles. The summed E-state index contributed by atoms with van der Waals surface area (Å²) in [6, 6.07) is 27.3. The fourth-order valence-corrected chi connectivity index (χ4v) is 7.13. The Morgan fingerprint density at radius 2 is 1.03 bits per heavy atom. The van der Waals surface area contributed by atoms with E-state index in [2.05, 4.69) is 84.9 Å². The Morgan fingerprint density at radius 1 is 0.639 bits per heavy atom. The molecule has 0 radical (unpaired) electrons. The smallest absolute Gasteiger partial charge is 0.411 e. The second-order valence-electron chi connectivity index (χ2n) is 11.6. The number of rotatable bonds is 0. The molecule has 4 aromatic carbocycles. The highest BCUT2D eigenvalue weighted by Crippen LogP contribution is 2.57. The van der Waals surface area contributed by atoms with Crippen LogP contribution in [0.1, 0.15) is 89.2 Å². The molecule has 0 saturated carbocycles. The van der Waals surface area contributed by atoms with Gasteiger partial charge >= 0.3 is 6.09 Å². The molecule has 2 atom stereocenters. The van der Waals surface area contributed by atoms with E-state index in [-0.39, 0.29) is 30.0 Å². The lowest BCUT2D eigenvalue weighted by Crippen LogP contribution is -2.35. The van der Waals surface area contributed by atoms with Gasteiger partial charge in [-0.3, -0.25) is 4.90 Å². The molecule has 5 aliphatic rings. The summed E-state index contributed by atoms with van der Waals surface area (Å²) in [6.07, 6.45) is 4.05. The van der Waals surface area contributed by atoms with Gasteiger partial charge in [-0.25, -0.2) is 4.79 Å². The van der Waals surface area contributed by atoms with Crippen LogP contribution in [-0.4, -0.2) is 16.6 Å². The minimum Gasteiger partial charge on any atom is -0.444 e. The molecule has 0 unspecified atom stereocenters. The van der Waals surface area contributed by atoms with Crippen LogP contribution in [-0.2, 0) is 4.74 Å². The number of hydrogen-bond acceptors (Lipinski definition) is 2. The summed E-state index contributed by atoms with van der Waals surface area (Å²) in [5, 5.41) is 2.50. The van der Waals surface area contributed by atoms with Gasteiger partial charge in [-0.2, -0.15) is 0 Å². The second-order valence-corrected chi connectivity index (χ2v) is 11.6. The van der Waals surface area contributed by atoms with E-state index in [0.717, 1.165) is 0 Å². The van der Waals surface area contributed by atoms with Gasteiger partial charge in [-0.05, 0) is 100 Å². The van der Waals surface area contributed by atoms with Crippen molar-refractivity contribution in [1.29, 1.82) is 0 Å². The molecule has 4 bridgehead atoms. The first kappa shape index (κ1) is 20.4. The van der Waals surface area contributed by atoms with Gasteiger partial charge in [0.1, 0.15) is 5.60 Å². The van der Waals surface area contributed by atoms with Crippen LogP contribution in [0.3, 0.4) is 0 Å². The Labute approximate surface area is 211 Å². The SMILES string of the molecule is CC(C)(C)OC(=O)N1[C@@H]2C=C[C@H]1c1cc3cc4c(cc3cc12)C1c2ccccc2C4c2ccccc21. The van der Waals surface area contributed by atoms with E-state index in [1.807, 2.05) is 25.7 Å². The number of nitrogens with zero attached hydrogens (tertiary/aromatic N) is 1. The summed E-state index contributed by atoms with van der Waals surface area (Å²) in [5.74, 6) is 0.536. The van der Waals surface area contributed by atoms with E-state index in [9.17, 15) is 4.79 Å². The number of amides is 1. The summed E-state index contributed by atoms with van der Waals surface area (Å²) in [6.45, 7) is 5.77. The second kappa shape index (κ2) is 6.67. The van der Waals surface area contributed by atoms with E-state index in [1.54, 1.807) is 0 Å². The molecule has 36 heavy (non-hydrogen) atoms. The molecule has 2 aliphatic heterocycles. The number of hydrogen-bond donors (Lipinski definition) is 0. The Hall–Kier alpha value is -3.85. The van der Waals surface area contributed by atoms with Crippen molar-refractivity contribution in [3.05, 3.63) is 129 Å². The van der Waals surface area contributed by atoms with Crippen molar-refractivity contribution in [3.63, 3.8) is 0 Å². The topological polar surface area (TPSA) is 29.5 Å². The third-order valence-corrected chi connectivity index (χ3v) is 8.42. The zero-order chi connectivity index (χ0) is 24.3. The van der Waals surface area contributed by atoms with Crippen molar-refractivity contribution in [2.75, 3.05) is 0 Å². The standard InChI is InChI=1S/C33H27NO2/c1-33(2,3)36-32(35)34-28-12-13-29(34)25-15-19-17-27-26(16-18(19)14-24(25)28)30-20-8-4-5-9-21(20)31(27)23-11-7-6-10-22(23)30/h4-17,28-31H,1-3H3/t28-,29+,30?,31?. The maximum absolute atomic E-state index is 13.1. The molecule has 0 N–H and O–H groups in total. The van der Waals surface area contributed by atoms with Crippen LogP contribution in [0.2, 0.25) is 0 Å². The van der Waals surface area contributed by atoms with Gasteiger partial charge in [0, 0.05) is 11.8 Å². The van der Waals surface area contributed by atoms with Crippen molar-refractivity contribution in [1.82, 2.24) is 4.90 Å². The highest BCUT2D eigenvalue weighted by atomic mass is 16.6. The first-order valence-corrected chi connectivity index (χ1v) is 12.9. The van der Waals surface area contributed by atoms with Gasteiger partial charge < -0.3 is 4.74 Å². The van der Waals surface area contributed by atoms with E-state index < -0.39 is 5.60 Å². The van der Waals surface area contributed by atoms with Crippen molar-refractivity contribution in [2.45, 2.75) is 50.3 Å². The van der Waals surface area contributed by atoms with Crippen LogP contribution >= 0.6 is 0 Å². The molecular weight excluding hydrogens is 442 g/mol. The molecule has 2 heterocycles. The van der Waals surface area contributed by atoms with Crippen LogP contribution in [0, 0.1) is 0 Å². The van der Waals surface area contributed by atoms with Gasteiger partial charge in [0.25, 0.3) is 0 Å². The number of fused-ring (bicyclic) bond motifs is 6. The monoisotopic (exact) mass is 469 g/mol. The maximum atomic E-state index is 13.1. The van der Waals surface area contributed by atoms with E-state index in [1.165, 1.54) is 55.3 Å². The molecule has 0 spiro atoms. The van der Waals surface area contributed by atoms with Crippen molar-refractivity contribution >= 4 is 16.9 Å². The summed E-state index contributed by atoms with van der Waals surface area (Å²) in [4.78, 5) is 15.0. The lowest BCUT2D eigenvalue weighted by Gasteiger charge is -2.42. The first-order valence-electron chi connectivity index (χ1n) is 12.9. The van der Waals surface area contributed by atoms with Crippen molar-refractivity contribution in [3.8, 4) is 0 Å². The number of carbonyl (C=O) groups excluding carboxylic acids is 1. The highest BCUT2D eigenvalue weighted by Gasteiger charge is 2.45. The van der Waals surface area contributed by atoms with Gasteiger partial charge in [0.05, 0.1) is 12.1 Å². The minimum atomic E-state index is -0.516. The third-order valence-electron chi connectivity index (χ3n) is 8.42. The summed E-state index contributed by atoms with van der Waals surface area (Å²) in [5.41, 5.74) is 10.5. The highest BCUT2D eigenvalue weighted by molar-refractivity contribution is 5.90. The third kappa shape index (κ3) is 2.55. The molecule has 3 heteroatoms. The quantitative estimate of drug-likeness (QED) is 0.213. The van der Waals surface area contributed by atoms with Crippen LogP contribution in [0.5, 0.6) is 0 Å². The Bertz CT molecular complexity index is 1500. The van der Waals surface area contributed by atoms with E-state index in [4.69, 9.17) is 4.74 Å². The zero-order valence-electron chi connectivity index (χ0n) is 20.7. The summed E-state index contributed by atoms with van der Waals surface area (Å²) < 4.78 is 5.77. The van der Waals surface area contributed by atoms with E-state index in [0.29, 0.717) is 0 Å². The molecule has 0 aromatic heterocycles. The zero-order valence-corrected chi connectivity index (χ0v) is 20.7. The average molecular weight is 470 g/mol. The molecule has 0 fully saturated rings. The molecular formula is C33H27NO2. The Balaban J connectivity index is 1.29. The van der Waals surface area contributed by atoms with Crippen LogP contribution < -0.4 is 0 Å². The predicted molar refractivity (Wildman–Crippen MR) is 141 cm³/mol. The molecule has 4 aromatic rings. The fourth-order valence-electron chi connectivity index (χ4n) is 7.13. The van der Waals surface area contributed by atoms with Crippen LogP contribution in [0.4, 0.5) is 4.79 Å². The number of carbonyl (C=O) groups is 1. The van der Waals surface area contributed by atoms with Crippen molar-refractivity contribution < 1.29 is 9.53 Å². The molecule has 176 valence electrons. The molecule has 3 aliphatic carbocycles. The van der Waals surface area contributed by atoms with Gasteiger partial charge in [0.15, 0.2) is 0 Å². The summed E-state index contributed by atoms with van der Waals surface area (Å²) >= 11 is 0. The number of benzene rings is 4. The lowest BCUT2D eigenvalue weighted by atomic mass is 9.61. The van der Waals surface area contributed by atoms with Gasteiger partial charge in [-0.1, -0.05) is 60.7 Å². The predicted octanol–water partition coefficient (Wildman–Crippen LogP) is 7.73. The maximum Gasteiger partial charge on any atom is 0.411 e. The van der Waals surface area contributed by atoms with Crippen molar-refractivity contribution in [2.24, 2.45) is 0 Å². The van der Waals surface area contributed by atoms with E-state index >= 15 is 0 Å². The van der Waals surface area contributed by atoms with Gasteiger partial charge in [-0.15, -0.1) is 0 Å². The average Bonchev–Trinajstić information content (AvgIpc) is 3.42. The van der Waals surface area contributed by atoms with Crippen LogP contribution in [0.15, 0.2) is 84.9 Å². The molecule has 1 amide bonds. The normalized spacial score (nSPS) is 23.9. The Kier molecular flexibility index (Phi) is 3.77. The number of ether oxygens (including phenoxy) is 1. The summed E-state index contributed by atoms with van der Waals surface area (Å²) in [7, 11) is 0. The first-order chi connectivity index (χ1) is 17.4. The minimum absolute atomic E-state index is 0.0572. The van der Waals surface area contributed by atoms with Gasteiger partial charge in [0.2, 0.25) is 0 Å².